The first kappa shape index (κ1) is 13.0. The quantitative estimate of drug-likeness (QED) is 0.660. The van der Waals surface area contributed by atoms with E-state index in [0.29, 0.717) is 13.0 Å². The Morgan fingerprint density at radius 3 is 3.06 bits per heavy atom. The summed E-state index contributed by atoms with van der Waals surface area (Å²) in [6.07, 6.45) is -0.139. The molecule has 0 bridgehead atoms. The molecule has 2 heterocycles. The van der Waals surface area contributed by atoms with Crippen molar-refractivity contribution < 1.29 is 14.6 Å². The van der Waals surface area contributed by atoms with Crippen molar-refractivity contribution in [3.8, 4) is 5.88 Å². The summed E-state index contributed by atoms with van der Waals surface area (Å²) in [6, 6.07) is 0.989. The van der Waals surface area contributed by atoms with Gasteiger partial charge in [-0.25, -0.2) is 4.98 Å². The van der Waals surface area contributed by atoms with Crippen LogP contribution >= 0.6 is 11.6 Å². The van der Waals surface area contributed by atoms with Crippen LogP contribution in [0.25, 0.3) is 0 Å². The molecule has 1 aliphatic heterocycles. The maximum Gasteiger partial charge on any atom is 0.243 e. The highest BCUT2D eigenvalue weighted by Gasteiger charge is 2.28. The highest BCUT2D eigenvalue weighted by atomic mass is 35.5. The number of aliphatic hydroxyl groups is 1. The number of nitrogens with one attached hydrogen (secondary N) is 2. The van der Waals surface area contributed by atoms with Crippen LogP contribution in [0.3, 0.4) is 0 Å². The van der Waals surface area contributed by atoms with E-state index in [-0.39, 0.29) is 22.9 Å². The standard InChI is InChI=1S/C10H13ClN4O3/c1-18-8-3-7(11)13-10(14-8)15-9(17)6-2-5(16)4-12-6/h3,5-6,12,16H,2,4H2,1H3,(H,13,14,15,17). The molecule has 0 aliphatic carbocycles. The number of hydrogen-bond acceptors (Lipinski definition) is 6. The molecule has 1 aromatic rings. The van der Waals surface area contributed by atoms with Gasteiger partial charge in [-0.3, -0.25) is 10.1 Å². The van der Waals surface area contributed by atoms with E-state index in [2.05, 4.69) is 20.6 Å². The molecular weight excluding hydrogens is 260 g/mol. The van der Waals surface area contributed by atoms with Gasteiger partial charge in [-0.1, -0.05) is 11.6 Å². The van der Waals surface area contributed by atoms with E-state index >= 15 is 0 Å². The molecule has 18 heavy (non-hydrogen) atoms. The van der Waals surface area contributed by atoms with Crippen molar-refractivity contribution in [1.82, 2.24) is 15.3 Å². The zero-order valence-electron chi connectivity index (χ0n) is 9.68. The number of hydrogen-bond donors (Lipinski definition) is 3. The molecule has 1 fully saturated rings. The summed E-state index contributed by atoms with van der Waals surface area (Å²) < 4.78 is 4.92. The lowest BCUT2D eigenvalue weighted by Crippen LogP contribution is -2.36. The van der Waals surface area contributed by atoms with E-state index in [4.69, 9.17) is 16.3 Å². The first-order valence-corrected chi connectivity index (χ1v) is 5.77. The largest absolute Gasteiger partial charge is 0.481 e. The molecule has 0 saturated carbocycles. The molecule has 2 rings (SSSR count). The predicted molar refractivity (Wildman–Crippen MR) is 64.6 cm³/mol. The van der Waals surface area contributed by atoms with Crippen molar-refractivity contribution in [1.29, 1.82) is 0 Å². The molecule has 0 aromatic carbocycles. The number of nitrogens with zero attached hydrogens (tertiary/aromatic N) is 2. The number of ether oxygens (including phenoxy) is 1. The van der Waals surface area contributed by atoms with E-state index in [1.807, 2.05) is 0 Å². The minimum Gasteiger partial charge on any atom is -0.481 e. The van der Waals surface area contributed by atoms with Crippen LogP contribution in [-0.4, -0.2) is 46.8 Å². The van der Waals surface area contributed by atoms with E-state index in [1.165, 1.54) is 13.2 Å². The molecule has 2 atom stereocenters. The Kier molecular flexibility index (Phi) is 3.95. The summed E-state index contributed by atoms with van der Waals surface area (Å²) >= 11 is 5.76. The van der Waals surface area contributed by atoms with Gasteiger partial charge in [0.2, 0.25) is 17.7 Å². The van der Waals surface area contributed by atoms with Crippen LogP contribution in [0.4, 0.5) is 5.95 Å². The summed E-state index contributed by atoms with van der Waals surface area (Å²) in [6.45, 7) is 0.401. The number of β-amino-alcohol motifs (C(OH)–C–C–N with tert-alkyl or cyclic N) is 1. The minimum absolute atomic E-state index is 0.0764. The number of anilines is 1. The number of carbonyl (C=O) groups excluding carboxylic acids is 1. The van der Waals surface area contributed by atoms with Gasteiger partial charge in [-0.2, -0.15) is 4.98 Å². The van der Waals surface area contributed by atoms with Crippen LogP contribution in [0.1, 0.15) is 6.42 Å². The fourth-order valence-electron chi connectivity index (χ4n) is 1.67. The molecular formula is C10H13ClN4O3. The molecule has 3 N–H and O–H groups in total. The third-order valence-corrected chi connectivity index (χ3v) is 2.73. The van der Waals surface area contributed by atoms with Gasteiger partial charge in [0.05, 0.1) is 19.3 Å². The van der Waals surface area contributed by atoms with E-state index in [1.54, 1.807) is 0 Å². The Morgan fingerprint density at radius 2 is 2.44 bits per heavy atom. The van der Waals surface area contributed by atoms with Crippen LogP contribution in [0.15, 0.2) is 6.07 Å². The molecule has 1 saturated heterocycles. The van der Waals surface area contributed by atoms with Crippen molar-refractivity contribution in [3.63, 3.8) is 0 Å². The monoisotopic (exact) mass is 272 g/mol. The molecule has 2 unspecified atom stereocenters. The zero-order valence-corrected chi connectivity index (χ0v) is 10.4. The Hall–Kier alpha value is -1.44. The lowest BCUT2D eigenvalue weighted by atomic mass is 10.2. The molecule has 7 nitrogen and oxygen atoms in total. The first-order valence-electron chi connectivity index (χ1n) is 5.39. The number of rotatable bonds is 3. The molecule has 0 radical (unpaired) electrons. The number of carbonyl (C=O) groups is 1. The van der Waals surface area contributed by atoms with Gasteiger partial charge in [-0.15, -0.1) is 0 Å². The first-order chi connectivity index (χ1) is 8.58. The zero-order chi connectivity index (χ0) is 13.1. The Morgan fingerprint density at radius 1 is 1.67 bits per heavy atom. The van der Waals surface area contributed by atoms with Crippen molar-refractivity contribution in [2.45, 2.75) is 18.6 Å². The SMILES string of the molecule is COc1cc(Cl)nc(NC(=O)C2CC(O)CN2)n1. The summed E-state index contributed by atoms with van der Waals surface area (Å²) in [5, 5.41) is 14.9. The lowest BCUT2D eigenvalue weighted by molar-refractivity contribution is -0.118. The minimum atomic E-state index is -0.504. The molecule has 1 amide bonds. The average molecular weight is 273 g/mol. The Balaban J connectivity index is 2.04. The Bertz CT molecular complexity index is 457. The fourth-order valence-corrected chi connectivity index (χ4v) is 1.84. The van der Waals surface area contributed by atoms with E-state index in [0.717, 1.165) is 0 Å². The lowest BCUT2D eigenvalue weighted by Gasteiger charge is -2.10. The van der Waals surface area contributed by atoms with Crippen molar-refractivity contribution >= 4 is 23.5 Å². The van der Waals surface area contributed by atoms with Gasteiger partial charge >= 0.3 is 0 Å². The van der Waals surface area contributed by atoms with Gasteiger partial charge in [0.15, 0.2) is 0 Å². The fraction of sp³-hybridized carbons (Fsp3) is 0.500. The highest BCUT2D eigenvalue weighted by molar-refractivity contribution is 6.29. The second-order valence-corrected chi connectivity index (χ2v) is 4.28. The third-order valence-electron chi connectivity index (χ3n) is 2.54. The van der Waals surface area contributed by atoms with Gasteiger partial charge in [0, 0.05) is 12.6 Å². The van der Waals surface area contributed by atoms with Crippen LogP contribution in [-0.2, 0) is 4.79 Å². The van der Waals surface area contributed by atoms with Gasteiger partial charge in [0.25, 0.3) is 0 Å². The van der Waals surface area contributed by atoms with Gasteiger partial charge in [0.1, 0.15) is 5.15 Å². The number of aromatic nitrogens is 2. The summed E-state index contributed by atoms with van der Waals surface area (Å²) in [5.41, 5.74) is 0. The van der Waals surface area contributed by atoms with Crippen LogP contribution in [0.2, 0.25) is 5.15 Å². The average Bonchev–Trinajstić information content (AvgIpc) is 2.75. The number of aliphatic hydroxyl groups excluding tert-OH is 1. The van der Waals surface area contributed by atoms with Crippen molar-refractivity contribution in [2.75, 3.05) is 19.0 Å². The normalized spacial score (nSPS) is 22.8. The summed E-state index contributed by atoms with van der Waals surface area (Å²) in [7, 11) is 1.44. The van der Waals surface area contributed by atoms with Crippen molar-refractivity contribution in [3.05, 3.63) is 11.2 Å². The molecule has 8 heteroatoms. The summed E-state index contributed by atoms with van der Waals surface area (Å²) in [5.74, 6) is 0.0353. The number of methoxy groups -OCH3 is 1. The second-order valence-electron chi connectivity index (χ2n) is 3.90. The van der Waals surface area contributed by atoms with Crippen molar-refractivity contribution in [2.24, 2.45) is 0 Å². The van der Waals surface area contributed by atoms with Crippen LogP contribution < -0.4 is 15.4 Å². The number of amides is 1. The maximum absolute atomic E-state index is 11.8. The molecule has 1 aromatic heterocycles. The third kappa shape index (κ3) is 3.06. The van der Waals surface area contributed by atoms with Crippen LogP contribution in [0, 0.1) is 0 Å². The van der Waals surface area contributed by atoms with Crippen LogP contribution in [0.5, 0.6) is 5.88 Å². The van der Waals surface area contributed by atoms with Gasteiger partial charge < -0.3 is 15.2 Å². The molecule has 0 spiro atoms. The van der Waals surface area contributed by atoms with Gasteiger partial charge in [-0.05, 0) is 6.42 Å². The summed E-state index contributed by atoms with van der Waals surface area (Å²) in [4.78, 5) is 19.6. The predicted octanol–water partition coefficient (Wildman–Crippen LogP) is -0.200. The second kappa shape index (κ2) is 5.47. The smallest absolute Gasteiger partial charge is 0.243 e. The Labute approximate surface area is 109 Å². The van der Waals surface area contributed by atoms with E-state index in [9.17, 15) is 9.90 Å². The molecule has 98 valence electrons. The highest BCUT2D eigenvalue weighted by Crippen LogP contribution is 2.16. The number of halogens is 1. The maximum atomic E-state index is 11.8. The van der Waals surface area contributed by atoms with E-state index < -0.39 is 12.1 Å². The topological polar surface area (TPSA) is 96.4 Å². The molecule has 1 aliphatic rings.